The van der Waals surface area contributed by atoms with Crippen LogP contribution in [0.2, 0.25) is 0 Å². The molecule has 2 heteroatoms. The van der Waals surface area contributed by atoms with Crippen molar-refractivity contribution in [3.05, 3.63) is 0 Å². The first-order chi connectivity index (χ1) is 6.70. The summed E-state index contributed by atoms with van der Waals surface area (Å²) >= 11 is 0. The molecule has 0 aliphatic heterocycles. The summed E-state index contributed by atoms with van der Waals surface area (Å²) < 4.78 is 0. The maximum absolute atomic E-state index is 3.28. The van der Waals surface area contributed by atoms with Crippen molar-refractivity contribution in [2.45, 2.75) is 52.1 Å². The highest BCUT2D eigenvalue weighted by Gasteiger charge is 2.33. The third-order valence-corrected chi connectivity index (χ3v) is 3.37. The molecule has 14 heavy (non-hydrogen) atoms. The molecule has 0 saturated heterocycles. The number of rotatable bonds is 7. The fourth-order valence-electron chi connectivity index (χ4n) is 2.20. The molecule has 2 atom stereocenters. The Hall–Kier alpha value is -0.0800. The second-order valence-electron chi connectivity index (χ2n) is 4.74. The second-order valence-corrected chi connectivity index (χ2v) is 4.74. The van der Waals surface area contributed by atoms with Gasteiger partial charge in [-0.25, -0.2) is 0 Å². The molecule has 1 fully saturated rings. The fraction of sp³-hybridized carbons (Fsp3) is 1.00. The van der Waals surface area contributed by atoms with E-state index in [9.17, 15) is 0 Å². The molecule has 0 bridgehead atoms. The Bertz CT molecular complexity index is 154. The summed E-state index contributed by atoms with van der Waals surface area (Å²) in [5.74, 6) is 0.757. The van der Waals surface area contributed by atoms with Crippen LogP contribution in [0, 0.1) is 5.92 Å². The Labute approximate surface area is 89.1 Å². The van der Waals surface area contributed by atoms with Gasteiger partial charge in [-0.1, -0.05) is 13.8 Å². The first-order valence-electron chi connectivity index (χ1n) is 6.11. The minimum Gasteiger partial charge on any atom is -0.319 e. The lowest BCUT2D eigenvalue weighted by atomic mass is 10.0. The molecule has 0 radical (unpaired) electrons. The summed E-state index contributed by atoms with van der Waals surface area (Å²) in [5, 5.41) is 3.28. The number of hydrogen-bond acceptors (Lipinski definition) is 2. The molecule has 0 heterocycles. The van der Waals surface area contributed by atoms with Gasteiger partial charge in [0.2, 0.25) is 0 Å². The lowest BCUT2D eigenvalue weighted by Gasteiger charge is -2.33. The van der Waals surface area contributed by atoms with Gasteiger partial charge in [-0.2, -0.15) is 0 Å². The highest BCUT2D eigenvalue weighted by Crippen LogP contribution is 2.30. The van der Waals surface area contributed by atoms with Crippen molar-refractivity contribution in [3.63, 3.8) is 0 Å². The first-order valence-corrected chi connectivity index (χ1v) is 6.11. The van der Waals surface area contributed by atoms with Gasteiger partial charge < -0.3 is 5.32 Å². The van der Waals surface area contributed by atoms with E-state index in [0.29, 0.717) is 0 Å². The van der Waals surface area contributed by atoms with Crippen LogP contribution < -0.4 is 5.32 Å². The average Bonchev–Trinajstić information content (AvgIpc) is 2.97. The smallest absolute Gasteiger partial charge is 0.0108 e. The molecule has 1 saturated carbocycles. The summed E-state index contributed by atoms with van der Waals surface area (Å²) in [6.45, 7) is 9.43. The van der Waals surface area contributed by atoms with Gasteiger partial charge in [-0.3, -0.25) is 4.90 Å². The molecule has 0 amide bonds. The molecule has 0 aromatic heterocycles. The van der Waals surface area contributed by atoms with Crippen molar-refractivity contribution in [2.75, 3.05) is 20.1 Å². The van der Waals surface area contributed by atoms with Crippen LogP contribution in [0.25, 0.3) is 0 Å². The van der Waals surface area contributed by atoms with Crippen LogP contribution in [-0.4, -0.2) is 37.1 Å². The van der Waals surface area contributed by atoms with Crippen molar-refractivity contribution in [2.24, 2.45) is 5.92 Å². The molecule has 0 aromatic carbocycles. The summed E-state index contributed by atoms with van der Waals surface area (Å²) in [5.41, 5.74) is 0. The predicted molar refractivity (Wildman–Crippen MR) is 62.6 cm³/mol. The van der Waals surface area contributed by atoms with E-state index in [-0.39, 0.29) is 0 Å². The molecular formula is C12H26N2. The largest absolute Gasteiger partial charge is 0.319 e. The number of hydrogen-bond donors (Lipinski definition) is 1. The van der Waals surface area contributed by atoms with Crippen molar-refractivity contribution in [1.29, 1.82) is 0 Å². The van der Waals surface area contributed by atoms with E-state index in [1.54, 1.807) is 0 Å². The highest BCUT2D eigenvalue weighted by atomic mass is 15.2. The van der Waals surface area contributed by atoms with E-state index in [4.69, 9.17) is 0 Å². The molecule has 1 aliphatic rings. The first kappa shape index (κ1) is 12.0. The van der Waals surface area contributed by atoms with Gasteiger partial charge in [0.15, 0.2) is 0 Å². The Kier molecular flexibility index (Phi) is 4.90. The molecule has 1 N–H and O–H groups in total. The van der Waals surface area contributed by atoms with Gasteiger partial charge in [0, 0.05) is 12.1 Å². The van der Waals surface area contributed by atoms with Gasteiger partial charge in [0.1, 0.15) is 0 Å². The zero-order valence-electron chi connectivity index (χ0n) is 10.2. The Morgan fingerprint density at radius 1 is 1.36 bits per heavy atom. The molecule has 84 valence electrons. The van der Waals surface area contributed by atoms with Crippen LogP contribution in [0.3, 0.4) is 0 Å². The third kappa shape index (κ3) is 3.25. The summed E-state index contributed by atoms with van der Waals surface area (Å²) in [7, 11) is 2.05. The molecule has 1 aliphatic carbocycles. The van der Waals surface area contributed by atoms with Crippen molar-refractivity contribution in [3.8, 4) is 0 Å². The standard InChI is InChI=1S/C12H26N2/c1-5-8-14(12-6-7-12)11(3)10(2)9-13-4/h10-13H,5-9H2,1-4H3. The summed E-state index contributed by atoms with van der Waals surface area (Å²) in [6.07, 6.45) is 4.14. The lowest BCUT2D eigenvalue weighted by molar-refractivity contribution is 0.151. The van der Waals surface area contributed by atoms with E-state index >= 15 is 0 Å². The third-order valence-electron chi connectivity index (χ3n) is 3.37. The van der Waals surface area contributed by atoms with E-state index in [0.717, 1.165) is 24.5 Å². The minimum atomic E-state index is 0.731. The van der Waals surface area contributed by atoms with Crippen LogP contribution in [0.4, 0.5) is 0 Å². The second kappa shape index (κ2) is 5.72. The SMILES string of the molecule is CCCN(C1CC1)C(C)C(C)CNC. The Balaban J connectivity index is 2.40. The van der Waals surface area contributed by atoms with E-state index < -0.39 is 0 Å². The van der Waals surface area contributed by atoms with Crippen LogP contribution in [0.1, 0.15) is 40.0 Å². The van der Waals surface area contributed by atoms with Gasteiger partial charge >= 0.3 is 0 Å². The van der Waals surface area contributed by atoms with Gasteiger partial charge in [0.05, 0.1) is 0 Å². The quantitative estimate of drug-likeness (QED) is 0.674. The monoisotopic (exact) mass is 198 g/mol. The number of nitrogens with zero attached hydrogens (tertiary/aromatic N) is 1. The zero-order chi connectivity index (χ0) is 10.6. The molecule has 2 nitrogen and oxygen atoms in total. The van der Waals surface area contributed by atoms with Crippen LogP contribution >= 0.6 is 0 Å². The molecule has 1 rings (SSSR count). The van der Waals surface area contributed by atoms with Crippen molar-refractivity contribution >= 4 is 0 Å². The van der Waals surface area contributed by atoms with Crippen LogP contribution in [0.5, 0.6) is 0 Å². The van der Waals surface area contributed by atoms with Gasteiger partial charge in [0.25, 0.3) is 0 Å². The summed E-state index contributed by atoms with van der Waals surface area (Å²) in [6, 6.07) is 1.64. The van der Waals surface area contributed by atoms with Crippen molar-refractivity contribution in [1.82, 2.24) is 10.2 Å². The lowest BCUT2D eigenvalue weighted by Crippen LogP contribution is -2.42. The van der Waals surface area contributed by atoms with E-state index in [2.05, 4.69) is 31.0 Å². The highest BCUT2D eigenvalue weighted by molar-refractivity contribution is 4.88. The normalized spacial score (nSPS) is 21.2. The van der Waals surface area contributed by atoms with Gasteiger partial charge in [-0.05, 0) is 52.2 Å². The predicted octanol–water partition coefficient (Wildman–Crippen LogP) is 2.10. The zero-order valence-corrected chi connectivity index (χ0v) is 10.2. The van der Waals surface area contributed by atoms with Crippen LogP contribution in [0.15, 0.2) is 0 Å². The molecular weight excluding hydrogens is 172 g/mol. The van der Waals surface area contributed by atoms with Crippen LogP contribution in [-0.2, 0) is 0 Å². The topological polar surface area (TPSA) is 15.3 Å². The fourth-order valence-corrected chi connectivity index (χ4v) is 2.20. The molecule has 2 unspecified atom stereocenters. The maximum atomic E-state index is 3.28. The minimum absolute atomic E-state index is 0.731. The summed E-state index contributed by atoms with van der Waals surface area (Å²) in [4.78, 5) is 2.71. The molecule has 0 aromatic rings. The Morgan fingerprint density at radius 2 is 2.00 bits per heavy atom. The number of nitrogens with one attached hydrogen (secondary N) is 1. The molecule has 0 spiro atoms. The maximum Gasteiger partial charge on any atom is 0.0108 e. The average molecular weight is 198 g/mol. The van der Waals surface area contributed by atoms with E-state index in [1.165, 1.54) is 25.8 Å². The van der Waals surface area contributed by atoms with E-state index in [1.807, 2.05) is 7.05 Å². The van der Waals surface area contributed by atoms with Gasteiger partial charge in [-0.15, -0.1) is 0 Å². The van der Waals surface area contributed by atoms with Crippen molar-refractivity contribution < 1.29 is 0 Å². The Morgan fingerprint density at radius 3 is 2.43 bits per heavy atom.